The maximum atomic E-state index is 12.9. The van der Waals surface area contributed by atoms with Crippen molar-refractivity contribution in [2.24, 2.45) is 0 Å². The Kier molecular flexibility index (Phi) is 5.71. The smallest absolute Gasteiger partial charge is 0.241 e. The van der Waals surface area contributed by atoms with E-state index in [4.69, 9.17) is 0 Å². The summed E-state index contributed by atoms with van der Waals surface area (Å²) >= 11 is 0. The Morgan fingerprint density at radius 1 is 0.926 bits per heavy atom. The minimum absolute atomic E-state index is 0.0798. The van der Waals surface area contributed by atoms with Gasteiger partial charge in [0.15, 0.2) is 0 Å². The standard InChI is InChI=1S/C19H23NO5S2/c1-14-11-12-16(26(22,23)15-7-3-2-4-8-15)13-19(14)27(24,25)20-17-9-5-6-10-18(17)21/h2-4,7-8,11-13,17-18,20-21H,5-6,9-10H2,1H3/t17-,18-/m0/s1. The first kappa shape index (κ1) is 20.0. The van der Waals surface area contributed by atoms with Gasteiger partial charge in [0.1, 0.15) is 0 Å². The van der Waals surface area contributed by atoms with Crippen molar-refractivity contribution in [3.63, 3.8) is 0 Å². The second-order valence-corrected chi connectivity index (χ2v) is 10.5. The van der Waals surface area contributed by atoms with Crippen molar-refractivity contribution in [3.8, 4) is 0 Å². The highest BCUT2D eigenvalue weighted by atomic mass is 32.2. The van der Waals surface area contributed by atoms with Crippen LogP contribution in [-0.4, -0.2) is 34.1 Å². The third kappa shape index (κ3) is 4.24. The molecular formula is C19H23NO5S2. The molecule has 146 valence electrons. The number of hydrogen-bond acceptors (Lipinski definition) is 5. The van der Waals surface area contributed by atoms with Crippen molar-refractivity contribution in [1.82, 2.24) is 4.72 Å². The number of benzene rings is 2. The molecule has 2 aromatic rings. The molecule has 6 nitrogen and oxygen atoms in total. The molecule has 0 saturated heterocycles. The summed E-state index contributed by atoms with van der Waals surface area (Å²) in [5.41, 5.74) is 0.444. The minimum Gasteiger partial charge on any atom is -0.391 e. The number of rotatable bonds is 5. The maximum Gasteiger partial charge on any atom is 0.241 e. The van der Waals surface area contributed by atoms with Gasteiger partial charge in [-0.25, -0.2) is 21.6 Å². The van der Waals surface area contributed by atoms with Crippen LogP contribution in [0.3, 0.4) is 0 Å². The quantitative estimate of drug-likeness (QED) is 0.790. The lowest BCUT2D eigenvalue weighted by molar-refractivity contribution is 0.101. The zero-order valence-electron chi connectivity index (χ0n) is 15.0. The van der Waals surface area contributed by atoms with Gasteiger partial charge in [-0.15, -0.1) is 0 Å². The molecule has 3 rings (SSSR count). The first-order chi connectivity index (χ1) is 12.7. The molecule has 0 spiro atoms. The molecule has 0 heterocycles. The Bertz CT molecular complexity index is 1020. The van der Waals surface area contributed by atoms with Gasteiger partial charge in [-0.2, -0.15) is 0 Å². The molecule has 2 aromatic carbocycles. The van der Waals surface area contributed by atoms with Gasteiger partial charge >= 0.3 is 0 Å². The van der Waals surface area contributed by atoms with E-state index >= 15 is 0 Å². The van der Waals surface area contributed by atoms with Crippen molar-refractivity contribution in [2.75, 3.05) is 0 Å². The predicted octanol–water partition coefficient (Wildman–Crippen LogP) is 2.41. The van der Waals surface area contributed by atoms with Crippen molar-refractivity contribution in [1.29, 1.82) is 0 Å². The normalized spacial score (nSPS) is 21.1. The summed E-state index contributed by atoms with van der Waals surface area (Å²) in [6.45, 7) is 1.62. The van der Waals surface area contributed by atoms with Crippen LogP contribution in [0.5, 0.6) is 0 Å². The third-order valence-corrected chi connectivity index (χ3v) is 8.25. The highest BCUT2D eigenvalue weighted by Crippen LogP contribution is 2.27. The molecule has 1 aliphatic rings. The zero-order chi connectivity index (χ0) is 19.7. The second kappa shape index (κ2) is 7.71. The monoisotopic (exact) mass is 409 g/mol. The van der Waals surface area contributed by atoms with Gasteiger partial charge in [0.25, 0.3) is 0 Å². The summed E-state index contributed by atoms with van der Waals surface area (Å²) in [5, 5.41) is 10.1. The van der Waals surface area contributed by atoms with Gasteiger partial charge in [0.2, 0.25) is 19.9 Å². The van der Waals surface area contributed by atoms with Crippen LogP contribution >= 0.6 is 0 Å². The Morgan fingerprint density at radius 2 is 1.59 bits per heavy atom. The average Bonchev–Trinajstić information content (AvgIpc) is 2.64. The predicted molar refractivity (Wildman–Crippen MR) is 102 cm³/mol. The highest BCUT2D eigenvalue weighted by Gasteiger charge is 2.30. The van der Waals surface area contributed by atoms with Crippen molar-refractivity contribution >= 4 is 19.9 Å². The molecule has 0 aliphatic heterocycles. The lowest BCUT2D eigenvalue weighted by atomic mass is 9.93. The van der Waals surface area contributed by atoms with Gasteiger partial charge < -0.3 is 5.11 Å². The van der Waals surface area contributed by atoms with Crippen molar-refractivity contribution in [2.45, 2.75) is 59.4 Å². The fourth-order valence-electron chi connectivity index (χ4n) is 3.28. The zero-order valence-corrected chi connectivity index (χ0v) is 16.6. The van der Waals surface area contributed by atoms with Crippen LogP contribution in [0.15, 0.2) is 63.2 Å². The Balaban J connectivity index is 1.98. The topological polar surface area (TPSA) is 101 Å². The molecule has 2 N–H and O–H groups in total. The van der Waals surface area contributed by atoms with Gasteiger partial charge in [-0.05, 0) is 49.6 Å². The van der Waals surface area contributed by atoms with E-state index in [0.29, 0.717) is 18.4 Å². The largest absolute Gasteiger partial charge is 0.391 e. The van der Waals surface area contributed by atoms with Crippen LogP contribution in [0, 0.1) is 6.92 Å². The molecule has 1 aliphatic carbocycles. The summed E-state index contributed by atoms with van der Waals surface area (Å²) in [6, 6.07) is 11.4. The second-order valence-electron chi connectivity index (χ2n) is 6.82. The first-order valence-corrected chi connectivity index (χ1v) is 11.8. The van der Waals surface area contributed by atoms with Crippen LogP contribution in [0.2, 0.25) is 0 Å². The molecule has 0 amide bonds. The number of hydrogen-bond donors (Lipinski definition) is 2. The van der Waals surface area contributed by atoms with E-state index in [1.165, 1.54) is 30.3 Å². The van der Waals surface area contributed by atoms with Crippen molar-refractivity contribution in [3.05, 3.63) is 54.1 Å². The van der Waals surface area contributed by atoms with Gasteiger partial charge in [0, 0.05) is 6.04 Å². The number of sulfonamides is 1. The molecule has 0 aromatic heterocycles. The molecule has 0 bridgehead atoms. The summed E-state index contributed by atoms with van der Waals surface area (Å²) in [7, 11) is -7.79. The third-order valence-electron chi connectivity index (χ3n) is 4.85. The number of aliphatic hydroxyl groups is 1. The number of sulfone groups is 1. The van der Waals surface area contributed by atoms with E-state index in [2.05, 4.69) is 4.72 Å². The van der Waals surface area contributed by atoms with E-state index in [1.54, 1.807) is 25.1 Å². The van der Waals surface area contributed by atoms with Crippen LogP contribution in [0.25, 0.3) is 0 Å². The summed E-state index contributed by atoms with van der Waals surface area (Å²) < 4.78 is 53.9. The van der Waals surface area contributed by atoms with Crippen LogP contribution in [0.4, 0.5) is 0 Å². The van der Waals surface area contributed by atoms with Crippen LogP contribution in [-0.2, 0) is 19.9 Å². The molecular weight excluding hydrogens is 386 g/mol. The molecule has 0 radical (unpaired) electrons. The summed E-state index contributed by atoms with van der Waals surface area (Å²) in [5.74, 6) is 0. The van der Waals surface area contributed by atoms with E-state index < -0.39 is 32.0 Å². The van der Waals surface area contributed by atoms with Gasteiger partial charge in [0.05, 0.1) is 20.8 Å². The number of aliphatic hydroxyl groups excluding tert-OH is 1. The van der Waals surface area contributed by atoms with E-state index in [9.17, 15) is 21.9 Å². The number of aryl methyl sites for hydroxylation is 1. The average molecular weight is 410 g/mol. The lowest BCUT2D eigenvalue weighted by Gasteiger charge is -2.28. The van der Waals surface area contributed by atoms with Gasteiger partial charge in [-0.1, -0.05) is 37.1 Å². The van der Waals surface area contributed by atoms with E-state index in [1.807, 2.05) is 0 Å². The van der Waals surface area contributed by atoms with E-state index in [-0.39, 0.29) is 14.7 Å². The number of nitrogens with one attached hydrogen (secondary N) is 1. The Labute approximate surface area is 160 Å². The van der Waals surface area contributed by atoms with Crippen molar-refractivity contribution < 1.29 is 21.9 Å². The molecule has 27 heavy (non-hydrogen) atoms. The molecule has 1 fully saturated rings. The first-order valence-electron chi connectivity index (χ1n) is 8.83. The molecule has 0 unspecified atom stereocenters. The lowest BCUT2D eigenvalue weighted by Crippen LogP contribution is -2.45. The Hall–Kier alpha value is -1.74. The Morgan fingerprint density at radius 3 is 2.26 bits per heavy atom. The highest BCUT2D eigenvalue weighted by molar-refractivity contribution is 7.91. The van der Waals surface area contributed by atoms with Crippen LogP contribution < -0.4 is 4.72 Å². The molecule has 8 heteroatoms. The van der Waals surface area contributed by atoms with Gasteiger partial charge in [-0.3, -0.25) is 0 Å². The van der Waals surface area contributed by atoms with E-state index in [0.717, 1.165) is 12.8 Å². The minimum atomic E-state index is -3.96. The van der Waals surface area contributed by atoms with Crippen LogP contribution in [0.1, 0.15) is 31.2 Å². The molecule has 1 saturated carbocycles. The summed E-state index contributed by atoms with van der Waals surface area (Å²) in [6.07, 6.45) is 2.08. The SMILES string of the molecule is Cc1ccc(S(=O)(=O)c2ccccc2)cc1S(=O)(=O)N[C@H]1CCCC[C@@H]1O. The fourth-order valence-corrected chi connectivity index (χ4v) is 6.24. The maximum absolute atomic E-state index is 12.9. The molecule has 2 atom stereocenters. The fraction of sp³-hybridized carbons (Fsp3) is 0.368. The summed E-state index contributed by atoms with van der Waals surface area (Å²) in [4.78, 5) is -0.0611.